The second kappa shape index (κ2) is 3.41. The lowest BCUT2D eigenvalue weighted by Gasteiger charge is -2.29. The number of ketones is 1. The van der Waals surface area contributed by atoms with Gasteiger partial charge in [0.25, 0.3) is 0 Å². The molecule has 0 aromatic rings. The van der Waals surface area contributed by atoms with Crippen LogP contribution < -0.4 is 5.32 Å². The van der Waals surface area contributed by atoms with Crippen LogP contribution in [0.4, 0.5) is 0 Å². The molecule has 2 rings (SSSR count). The van der Waals surface area contributed by atoms with Gasteiger partial charge in [0.1, 0.15) is 0 Å². The third-order valence-electron chi connectivity index (χ3n) is 3.62. The maximum Gasteiger partial charge on any atom is 0.154 e. The molecule has 0 saturated heterocycles. The van der Waals surface area contributed by atoms with Gasteiger partial charge in [-0.05, 0) is 57.9 Å². The van der Waals surface area contributed by atoms with E-state index in [2.05, 4.69) is 5.32 Å². The van der Waals surface area contributed by atoms with Crippen molar-refractivity contribution in [2.75, 3.05) is 0 Å². The third-order valence-corrected chi connectivity index (χ3v) is 3.62. The van der Waals surface area contributed by atoms with Crippen molar-refractivity contribution in [3.8, 4) is 0 Å². The van der Waals surface area contributed by atoms with Crippen LogP contribution in [0.5, 0.6) is 0 Å². The maximum atomic E-state index is 10.9. The normalized spacial score (nSPS) is 36.1. The van der Waals surface area contributed by atoms with Gasteiger partial charge in [0.15, 0.2) is 5.78 Å². The van der Waals surface area contributed by atoms with Gasteiger partial charge in [-0.1, -0.05) is 0 Å². The van der Waals surface area contributed by atoms with E-state index in [0.717, 1.165) is 11.6 Å². The summed E-state index contributed by atoms with van der Waals surface area (Å²) in [7, 11) is 0. The van der Waals surface area contributed by atoms with Crippen LogP contribution in [0.3, 0.4) is 0 Å². The maximum absolute atomic E-state index is 10.9. The molecule has 2 saturated carbocycles. The average molecular weight is 193 g/mol. The van der Waals surface area contributed by atoms with Crippen molar-refractivity contribution in [2.45, 2.75) is 51.5 Å². The number of carbonyl (C=O) groups is 1. The van der Waals surface area contributed by atoms with E-state index in [-0.39, 0.29) is 5.78 Å². The molecule has 2 aliphatic rings. The number of fused-ring (bicyclic) bond motifs is 2. The largest absolute Gasteiger partial charge is 0.383 e. The van der Waals surface area contributed by atoms with Gasteiger partial charge in [-0.3, -0.25) is 4.79 Å². The van der Waals surface area contributed by atoms with Crippen LogP contribution in [-0.4, -0.2) is 11.3 Å². The summed E-state index contributed by atoms with van der Waals surface area (Å²) < 4.78 is 0. The van der Waals surface area contributed by atoms with Gasteiger partial charge in [-0.15, -0.1) is 0 Å². The lowest BCUT2D eigenvalue weighted by Crippen LogP contribution is -2.39. The molecule has 78 valence electrons. The van der Waals surface area contributed by atoms with Gasteiger partial charge in [-0.2, -0.15) is 0 Å². The first-order valence-electron chi connectivity index (χ1n) is 5.57. The number of rotatable bonds is 3. The van der Waals surface area contributed by atoms with Crippen molar-refractivity contribution in [3.05, 3.63) is 11.8 Å². The molecule has 2 nitrogen and oxygen atoms in total. The molecule has 0 atom stereocenters. The SMILES string of the molecule is CC(=O)C=C(C)NC12CCC(CC1)C2. The van der Waals surface area contributed by atoms with E-state index >= 15 is 0 Å². The minimum Gasteiger partial charge on any atom is -0.383 e. The Morgan fingerprint density at radius 2 is 2.00 bits per heavy atom. The first kappa shape index (κ1) is 9.75. The molecule has 1 N–H and O–H groups in total. The summed E-state index contributed by atoms with van der Waals surface area (Å²) in [5.74, 6) is 1.09. The van der Waals surface area contributed by atoms with Crippen molar-refractivity contribution in [3.63, 3.8) is 0 Å². The standard InChI is InChI=1S/C12H19NO/c1-9(7-10(2)14)13-12-5-3-11(8-12)4-6-12/h7,11,13H,3-6,8H2,1-2H3. The fraction of sp³-hybridized carbons (Fsp3) is 0.750. The van der Waals surface area contributed by atoms with Crippen LogP contribution in [-0.2, 0) is 4.79 Å². The number of hydrogen-bond donors (Lipinski definition) is 1. The highest BCUT2D eigenvalue weighted by atomic mass is 16.1. The van der Waals surface area contributed by atoms with E-state index in [0.29, 0.717) is 5.54 Å². The summed E-state index contributed by atoms with van der Waals surface area (Å²) in [6.07, 6.45) is 8.36. The molecule has 0 aromatic carbocycles. The van der Waals surface area contributed by atoms with Gasteiger partial charge >= 0.3 is 0 Å². The topological polar surface area (TPSA) is 29.1 Å². The molecule has 0 unspecified atom stereocenters. The van der Waals surface area contributed by atoms with Crippen LogP contribution in [0, 0.1) is 5.92 Å². The van der Waals surface area contributed by atoms with E-state index in [1.807, 2.05) is 6.92 Å². The summed E-state index contributed by atoms with van der Waals surface area (Å²) in [5.41, 5.74) is 1.39. The predicted octanol–water partition coefficient (Wildman–Crippen LogP) is 2.40. The first-order chi connectivity index (χ1) is 6.60. The molecule has 0 heterocycles. The number of carbonyl (C=O) groups excluding carboxylic acids is 1. The molecule has 0 spiro atoms. The number of nitrogens with one attached hydrogen (secondary N) is 1. The van der Waals surface area contributed by atoms with Gasteiger partial charge in [0, 0.05) is 11.2 Å². The molecule has 14 heavy (non-hydrogen) atoms. The molecular formula is C12H19NO. The van der Waals surface area contributed by atoms with Gasteiger partial charge in [0.2, 0.25) is 0 Å². The quantitative estimate of drug-likeness (QED) is 0.697. The fourth-order valence-electron chi connectivity index (χ4n) is 3.13. The minimum atomic E-state index is 0.138. The Balaban J connectivity index is 2.00. The molecule has 2 bridgehead atoms. The zero-order chi connectivity index (χ0) is 10.2. The molecule has 0 aromatic heterocycles. The third kappa shape index (κ3) is 1.84. The Morgan fingerprint density at radius 1 is 1.36 bits per heavy atom. The Bertz CT molecular complexity index is 272. The van der Waals surface area contributed by atoms with E-state index < -0.39 is 0 Å². The second-order valence-electron chi connectivity index (χ2n) is 4.99. The summed E-state index contributed by atoms with van der Waals surface area (Å²) in [6, 6.07) is 0. The summed E-state index contributed by atoms with van der Waals surface area (Å²) >= 11 is 0. The Morgan fingerprint density at radius 3 is 2.43 bits per heavy atom. The smallest absolute Gasteiger partial charge is 0.154 e. The lowest BCUT2D eigenvalue weighted by atomic mass is 9.93. The Hall–Kier alpha value is -0.790. The van der Waals surface area contributed by atoms with Crippen LogP contribution in [0.2, 0.25) is 0 Å². The van der Waals surface area contributed by atoms with Crippen molar-refractivity contribution in [1.82, 2.24) is 5.32 Å². The molecule has 2 fully saturated rings. The molecule has 0 radical (unpaired) electrons. The molecule has 2 aliphatic carbocycles. The molecular weight excluding hydrogens is 174 g/mol. The lowest BCUT2D eigenvalue weighted by molar-refractivity contribution is -0.112. The summed E-state index contributed by atoms with van der Waals surface area (Å²) in [6.45, 7) is 3.61. The second-order valence-corrected chi connectivity index (χ2v) is 4.99. The number of allylic oxidation sites excluding steroid dienone is 2. The predicted molar refractivity (Wildman–Crippen MR) is 56.9 cm³/mol. The van der Waals surface area contributed by atoms with E-state index in [1.165, 1.54) is 32.1 Å². The highest BCUT2D eigenvalue weighted by Crippen LogP contribution is 2.47. The van der Waals surface area contributed by atoms with E-state index in [9.17, 15) is 4.79 Å². The van der Waals surface area contributed by atoms with Crippen molar-refractivity contribution in [2.24, 2.45) is 5.92 Å². The van der Waals surface area contributed by atoms with Crippen molar-refractivity contribution >= 4 is 5.78 Å². The van der Waals surface area contributed by atoms with Crippen LogP contribution in [0.15, 0.2) is 11.8 Å². The fourth-order valence-corrected chi connectivity index (χ4v) is 3.13. The van der Waals surface area contributed by atoms with E-state index in [4.69, 9.17) is 0 Å². The number of hydrogen-bond acceptors (Lipinski definition) is 2. The highest BCUT2D eigenvalue weighted by molar-refractivity contribution is 5.87. The minimum absolute atomic E-state index is 0.138. The monoisotopic (exact) mass is 193 g/mol. The zero-order valence-corrected chi connectivity index (χ0v) is 9.10. The van der Waals surface area contributed by atoms with Gasteiger partial charge in [-0.25, -0.2) is 0 Å². The Kier molecular flexibility index (Phi) is 2.38. The molecule has 2 heteroatoms. The van der Waals surface area contributed by atoms with Crippen LogP contribution in [0.1, 0.15) is 46.0 Å². The molecule has 0 aliphatic heterocycles. The Labute approximate surface area is 85.8 Å². The van der Waals surface area contributed by atoms with Crippen LogP contribution in [0.25, 0.3) is 0 Å². The summed E-state index contributed by atoms with van der Waals surface area (Å²) in [5, 5.41) is 3.56. The first-order valence-corrected chi connectivity index (χ1v) is 5.57. The summed E-state index contributed by atoms with van der Waals surface area (Å²) in [4.78, 5) is 10.9. The zero-order valence-electron chi connectivity index (χ0n) is 9.10. The molecule has 0 amide bonds. The highest BCUT2D eigenvalue weighted by Gasteiger charge is 2.44. The van der Waals surface area contributed by atoms with Crippen molar-refractivity contribution in [1.29, 1.82) is 0 Å². The average Bonchev–Trinajstić information content (AvgIpc) is 2.60. The van der Waals surface area contributed by atoms with E-state index in [1.54, 1.807) is 13.0 Å². The van der Waals surface area contributed by atoms with Gasteiger partial charge in [0.05, 0.1) is 0 Å². The van der Waals surface area contributed by atoms with Crippen LogP contribution >= 0.6 is 0 Å². The van der Waals surface area contributed by atoms with Crippen molar-refractivity contribution < 1.29 is 4.79 Å². The van der Waals surface area contributed by atoms with Gasteiger partial charge < -0.3 is 5.32 Å².